The van der Waals surface area contributed by atoms with Crippen LogP contribution >= 0.6 is 0 Å². The van der Waals surface area contributed by atoms with Crippen LogP contribution in [-0.4, -0.2) is 45.2 Å². The van der Waals surface area contributed by atoms with E-state index in [-0.39, 0.29) is 48.2 Å². The van der Waals surface area contributed by atoms with Crippen molar-refractivity contribution in [1.82, 2.24) is 19.9 Å². The molecule has 4 rings (SSSR count). The van der Waals surface area contributed by atoms with Gasteiger partial charge in [-0.1, -0.05) is 12.0 Å². The van der Waals surface area contributed by atoms with Crippen LogP contribution in [0.5, 0.6) is 5.75 Å². The normalized spacial score (nSPS) is 12.1. The molecule has 9 nitrogen and oxygen atoms in total. The molecule has 0 radical (unpaired) electrons. The number of nitrogens with one attached hydrogen (secondary N) is 1. The molecule has 1 aliphatic heterocycles. The zero-order valence-corrected chi connectivity index (χ0v) is 17.2. The molecular formula is C22H20FN5O4. The molecule has 164 valence electrons. The van der Waals surface area contributed by atoms with Crippen LogP contribution in [0.4, 0.5) is 4.39 Å². The lowest BCUT2D eigenvalue weighted by atomic mass is 10.0. The Hall–Kier alpha value is -4.10. The summed E-state index contributed by atoms with van der Waals surface area (Å²) in [5, 5.41) is 6.45. The van der Waals surface area contributed by atoms with Crippen LogP contribution in [0.25, 0.3) is 5.65 Å². The van der Waals surface area contributed by atoms with E-state index in [1.807, 2.05) is 0 Å². The van der Waals surface area contributed by atoms with Gasteiger partial charge in [-0.2, -0.15) is 5.10 Å². The number of carbonyl (C=O) groups excluding carboxylic acids is 3. The van der Waals surface area contributed by atoms with Gasteiger partial charge in [0.1, 0.15) is 23.7 Å². The van der Waals surface area contributed by atoms with Gasteiger partial charge < -0.3 is 15.8 Å². The molecular weight excluding hydrogens is 417 g/mol. The first-order valence-electron chi connectivity index (χ1n) is 9.57. The molecule has 3 N–H and O–H groups in total. The van der Waals surface area contributed by atoms with E-state index in [2.05, 4.69) is 27.7 Å². The van der Waals surface area contributed by atoms with E-state index in [0.29, 0.717) is 12.3 Å². The summed E-state index contributed by atoms with van der Waals surface area (Å²) in [6.45, 7) is 1.89. The Bertz CT molecular complexity index is 1250. The average molecular weight is 437 g/mol. The molecule has 0 saturated heterocycles. The number of benzene rings is 1. The van der Waals surface area contributed by atoms with Crippen molar-refractivity contribution in [2.45, 2.75) is 19.9 Å². The van der Waals surface area contributed by atoms with Crippen molar-refractivity contribution in [1.29, 1.82) is 0 Å². The van der Waals surface area contributed by atoms with Crippen LogP contribution in [0.2, 0.25) is 0 Å². The molecule has 1 aromatic carbocycles. The van der Waals surface area contributed by atoms with E-state index in [1.54, 1.807) is 18.2 Å². The molecule has 3 heterocycles. The second-order valence-corrected chi connectivity index (χ2v) is 6.85. The molecule has 0 unspecified atom stereocenters. The van der Waals surface area contributed by atoms with Crippen molar-refractivity contribution in [3.63, 3.8) is 0 Å². The highest BCUT2D eigenvalue weighted by Gasteiger charge is 2.19. The van der Waals surface area contributed by atoms with Crippen molar-refractivity contribution in [3.05, 3.63) is 58.8 Å². The van der Waals surface area contributed by atoms with Gasteiger partial charge in [0.15, 0.2) is 23.0 Å². The number of nitrogens with zero attached hydrogens (tertiary/aromatic N) is 3. The maximum absolute atomic E-state index is 13.8. The predicted molar refractivity (Wildman–Crippen MR) is 113 cm³/mol. The molecule has 2 aromatic heterocycles. The third kappa shape index (κ3) is 4.96. The largest absolute Gasteiger partial charge is 0.486 e. The van der Waals surface area contributed by atoms with Crippen LogP contribution in [0, 0.1) is 18.2 Å². The average Bonchev–Trinajstić information content (AvgIpc) is 3.17. The molecule has 0 fully saturated rings. The molecule has 0 bridgehead atoms. The van der Waals surface area contributed by atoms with Gasteiger partial charge in [0.25, 0.3) is 5.91 Å². The highest BCUT2D eigenvalue weighted by Crippen LogP contribution is 2.24. The number of hydrogen-bond donors (Lipinski definition) is 2. The Labute approximate surface area is 182 Å². The Morgan fingerprint density at radius 2 is 2.12 bits per heavy atom. The zero-order valence-electron chi connectivity index (χ0n) is 17.2. The Balaban J connectivity index is 0.000000668. The van der Waals surface area contributed by atoms with Crippen molar-refractivity contribution in [3.8, 4) is 18.1 Å². The fraction of sp³-hybridized carbons (Fsp3) is 0.227. The second-order valence-electron chi connectivity index (χ2n) is 6.85. The van der Waals surface area contributed by atoms with E-state index in [9.17, 15) is 18.8 Å². The highest BCUT2D eigenvalue weighted by atomic mass is 19.1. The minimum atomic E-state index is -0.725. The number of nitrogens with two attached hydrogens (primary N) is 1. The summed E-state index contributed by atoms with van der Waals surface area (Å²) in [7, 11) is 0. The van der Waals surface area contributed by atoms with Crippen molar-refractivity contribution in [2.75, 3.05) is 13.2 Å². The van der Waals surface area contributed by atoms with Crippen molar-refractivity contribution >= 4 is 23.1 Å². The number of aromatic nitrogens is 3. The lowest BCUT2D eigenvalue weighted by Gasteiger charge is -2.17. The smallest absolute Gasteiger partial charge is 0.270 e. The summed E-state index contributed by atoms with van der Waals surface area (Å²) in [6.07, 6.45) is 5.88. The Kier molecular flexibility index (Phi) is 6.92. The summed E-state index contributed by atoms with van der Waals surface area (Å²) in [4.78, 5) is 39.8. The standard InChI is InChI=1S/C19H15FN4O4.C3H5N/c1-10(25)16-6-15(23-18-14(20)8-22-24(16)18)19(27)21-7-11-2-3-17-12(4-11)5-13(26)9-28-17;1-2-3-4/h2-4,6,8H,5,7,9H2,1H3,(H,21,27);1H,3-4H2. The predicted octanol–water partition coefficient (Wildman–Crippen LogP) is 1.08. The van der Waals surface area contributed by atoms with E-state index in [1.165, 1.54) is 13.0 Å². The molecule has 0 atom stereocenters. The number of hydrogen-bond acceptors (Lipinski definition) is 7. The molecule has 1 amide bonds. The van der Waals surface area contributed by atoms with Gasteiger partial charge in [-0.15, -0.1) is 6.42 Å². The van der Waals surface area contributed by atoms with Crippen LogP contribution in [0.15, 0.2) is 30.5 Å². The number of ketones is 2. The summed E-state index contributed by atoms with van der Waals surface area (Å²) in [5.74, 6) is 1.20. The van der Waals surface area contributed by atoms with E-state index >= 15 is 0 Å². The van der Waals surface area contributed by atoms with E-state index in [4.69, 9.17) is 10.5 Å². The molecule has 0 saturated carbocycles. The summed E-state index contributed by atoms with van der Waals surface area (Å²) in [6, 6.07) is 6.60. The minimum absolute atomic E-state index is 0.00853. The van der Waals surface area contributed by atoms with Crippen molar-refractivity contribution in [2.24, 2.45) is 5.73 Å². The van der Waals surface area contributed by atoms with Crippen molar-refractivity contribution < 1.29 is 23.5 Å². The second kappa shape index (κ2) is 9.80. The number of carbonyl (C=O) groups is 3. The van der Waals surface area contributed by atoms with Crippen LogP contribution in [0.3, 0.4) is 0 Å². The van der Waals surface area contributed by atoms with Gasteiger partial charge in [-0.05, 0) is 23.8 Å². The van der Waals surface area contributed by atoms with Gasteiger partial charge in [0.05, 0.1) is 12.7 Å². The van der Waals surface area contributed by atoms with Gasteiger partial charge in [-0.25, -0.2) is 13.9 Å². The summed E-state index contributed by atoms with van der Waals surface area (Å²) >= 11 is 0. The lowest BCUT2D eigenvalue weighted by Crippen LogP contribution is -2.25. The zero-order chi connectivity index (χ0) is 23.3. The fourth-order valence-electron chi connectivity index (χ4n) is 3.02. The first-order valence-corrected chi connectivity index (χ1v) is 9.57. The van der Waals surface area contributed by atoms with Crippen LogP contribution < -0.4 is 15.8 Å². The van der Waals surface area contributed by atoms with Gasteiger partial charge in [0, 0.05) is 25.5 Å². The highest BCUT2D eigenvalue weighted by molar-refractivity contribution is 5.98. The molecule has 1 aliphatic rings. The quantitative estimate of drug-likeness (QED) is 0.462. The third-order valence-corrected chi connectivity index (χ3v) is 4.49. The van der Waals surface area contributed by atoms with Crippen LogP contribution in [-0.2, 0) is 17.8 Å². The number of fused-ring (bicyclic) bond motifs is 2. The van der Waals surface area contributed by atoms with E-state index < -0.39 is 11.7 Å². The van der Waals surface area contributed by atoms with E-state index in [0.717, 1.165) is 21.8 Å². The van der Waals surface area contributed by atoms with Gasteiger partial charge >= 0.3 is 0 Å². The Morgan fingerprint density at radius 3 is 2.81 bits per heavy atom. The summed E-state index contributed by atoms with van der Waals surface area (Å²) in [5.41, 5.74) is 6.11. The lowest BCUT2D eigenvalue weighted by molar-refractivity contribution is -0.121. The number of amides is 1. The number of rotatable bonds is 4. The first-order chi connectivity index (χ1) is 15.3. The maximum atomic E-state index is 13.8. The first kappa shape index (κ1) is 22.6. The summed E-state index contributed by atoms with van der Waals surface area (Å²) < 4.78 is 20.3. The molecule has 0 aliphatic carbocycles. The fourth-order valence-corrected chi connectivity index (χ4v) is 3.02. The third-order valence-electron chi connectivity index (χ3n) is 4.49. The number of halogens is 1. The SMILES string of the molecule is C#CCN.CC(=O)c1cc(C(=O)NCc2ccc3c(c2)CC(=O)CO3)nc2c(F)cnn12. The topological polar surface area (TPSA) is 129 Å². The maximum Gasteiger partial charge on any atom is 0.270 e. The van der Waals surface area contributed by atoms with Gasteiger partial charge in [-0.3, -0.25) is 14.4 Å². The number of ether oxygens (including phenoxy) is 1. The van der Waals surface area contributed by atoms with Crippen LogP contribution in [0.1, 0.15) is 39.0 Å². The monoisotopic (exact) mass is 437 g/mol. The number of terminal acetylenes is 1. The minimum Gasteiger partial charge on any atom is -0.486 e. The van der Waals surface area contributed by atoms with Gasteiger partial charge in [0.2, 0.25) is 0 Å². The molecule has 0 spiro atoms. The molecule has 32 heavy (non-hydrogen) atoms. The number of Topliss-reactive ketones (excluding diaryl/α,β-unsaturated/α-hetero) is 2. The molecule has 3 aromatic rings. The Morgan fingerprint density at radius 1 is 1.38 bits per heavy atom. The molecule has 10 heteroatoms.